The highest BCUT2D eigenvalue weighted by Crippen LogP contribution is 2.12. The van der Waals surface area contributed by atoms with Crippen LogP contribution in [0.5, 0.6) is 0 Å². The maximum atomic E-state index is 6.00. The molecule has 0 atom stereocenters. The van der Waals surface area contributed by atoms with Gasteiger partial charge in [-0.25, -0.2) is 0 Å². The van der Waals surface area contributed by atoms with Gasteiger partial charge in [-0.15, -0.1) is 0 Å². The van der Waals surface area contributed by atoms with Gasteiger partial charge in [-0.05, 0) is 83.6 Å². The quantitative estimate of drug-likeness (QED) is 0.0462. The lowest BCUT2D eigenvalue weighted by atomic mass is 10.1. The molecule has 0 saturated carbocycles. The van der Waals surface area contributed by atoms with E-state index in [2.05, 4.69) is 62.5 Å². The van der Waals surface area contributed by atoms with Gasteiger partial charge in [0.2, 0.25) is 0 Å². The average Bonchev–Trinajstić information content (AvgIpc) is 3.00. The summed E-state index contributed by atoms with van der Waals surface area (Å²) in [6.07, 6.45) is 49.8. The molecule has 0 bridgehead atoms. The van der Waals surface area contributed by atoms with Crippen LogP contribution in [-0.2, 0) is 9.47 Å². The summed E-state index contributed by atoms with van der Waals surface area (Å²) >= 11 is 0. The van der Waals surface area contributed by atoms with Gasteiger partial charge in [0.1, 0.15) is 0 Å². The van der Waals surface area contributed by atoms with E-state index in [1.807, 2.05) is 0 Å². The highest BCUT2D eigenvalue weighted by Gasteiger charge is 2.08. The topological polar surface area (TPSA) is 44.5 Å². The van der Waals surface area contributed by atoms with Gasteiger partial charge in [-0.2, -0.15) is 0 Å². The molecule has 3 nitrogen and oxygen atoms in total. The van der Waals surface area contributed by atoms with Crippen LogP contribution < -0.4 is 5.73 Å². The third kappa shape index (κ3) is 35.0. The number of hydrogen-bond donors (Lipinski definition) is 1. The van der Waals surface area contributed by atoms with Crippen LogP contribution >= 0.6 is 0 Å². The molecule has 0 aliphatic heterocycles. The molecule has 0 aromatic carbocycles. The molecule has 0 heterocycles. The van der Waals surface area contributed by atoms with Crippen molar-refractivity contribution in [2.75, 3.05) is 19.8 Å². The molecule has 0 amide bonds. The van der Waals surface area contributed by atoms with Gasteiger partial charge in [-0.1, -0.05) is 140 Å². The van der Waals surface area contributed by atoms with E-state index in [0.29, 0.717) is 6.54 Å². The van der Waals surface area contributed by atoms with Crippen LogP contribution in [0.15, 0.2) is 48.6 Å². The van der Waals surface area contributed by atoms with Gasteiger partial charge in [0.05, 0.1) is 0 Å². The molecule has 0 aromatic heterocycles. The highest BCUT2D eigenvalue weighted by molar-refractivity contribution is 4.93. The van der Waals surface area contributed by atoms with E-state index in [-0.39, 0.29) is 6.29 Å². The van der Waals surface area contributed by atoms with Gasteiger partial charge in [0.25, 0.3) is 0 Å². The summed E-state index contributed by atoms with van der Waals surface area (Å²) in [5.41, 5.74) is 5.79. The van der Waals surface area contributed by atoms with E-state index in [1.54, 1.807) is 0 Å². The van der Waals surface area contributed by atoms with Crippen molar-refractivity contribution in [1.82, 2.24) is 0 Å². The smallest absolute Gasteiger partial charge is 0.158 e. The molecule has 0 aliphatic carbocycles. The summed E-state index contributed by atoms with van der Waals surface area (Å²) in [5.74, 6) is 0. The largest absolute Gasteiger partial charge is 0.353 e. The first kappa shape index (κ1) is 40.8. The summed E-state index contributed by atoms with van der Waals surface area (Å²) in [6.45, 7) is 6.73. The summed E-state index contributed by atoms with van der Waals surface area (Å²) < 4.78 is 12.0. The fourth-order valence-electron chi connectivity index (χ4n) is 4.96. The lowest BCUT2D eigenvalue weighted by molar-refractivity contribution is -0.145. The zero-order valence-corrected chi connectivity index (χ0v) is 28.4. The predicted octanol–water partition coefficient (Wildman–Crippen LogP) is 12.3. The third-order valence-electron chi connectivity index (χ3n) is 7.70. The second kappa shape index (κ2) is 37.9. The maximum Gasteiger partial charge on any atom is 0.158 e. The van der Waals surface area contributed by atoms with Crippen LogP contribution in [0.3, 0.4) is 0 Å². The Kier molecular flexibility index (Phi) is 36.8. The Hall–Kier alpha value is -1.16. The van der Waals surface area contributed by atoms with E-state index in [9.17, 15) is 0 Å². The molecule has 0 saturated heterocycles. The summed E-state index contributed by atoms with van der Waals surface area (Å²) in [6, 6.07) is 0. The normalized spacial score (nSPS) is 13.1. The van der Waals surface area contributed by atoms with Gasteiger partial charge in [0, 0.05) is 19.6 Å². The molecule has 0 aromatic rings. The van der Waals surface area contributed by atoms with Crippen LogP contribution in [0.1, 0.15) is 174 Å². The van der Waals surface area contributed by atoms with Gasteiger partial charge in [0.15, 0.2) is 6.29 Å². The van der Waals surface area contributed by atoms with Crippen LogP contribution in [0.25, 0.3) is 0 Å². The van der Waals surface area contributed by atoms with Crippen molar-refractivity contribution in [3.63, 3.8) is 0 Å². The molecular weight excluding hydrogens is 514 g/mol. The van der Waals surface area contributed by atoms with Crippen molar-refractivity contribution >= 4 is 0 Å². The van der Waals surface area contributed by atoms with E-state index < -0.39 is 0 Å². The van der Waals surface area contributed by atoms with Crippen LogP contribution in [0.4, 0.5) is 0 Å². The number of ether oxygens (including phenoxy) is 2. The minimum absolute atomic E-state index is 0.119. The Bertz CT molecular complexity index is 560. The lowest BCUT2D eigenvalue weighted by Crippen LogP contribution is -2.22. The SMILES string of the molecule is CCCCCC=CCC=CCCCCCCCCOC(CCN)OCCCCCCCCC=CCC=CCCCCC. The minimum atomic E-state index is -0.119. The molecule has 0 radical (unpaired) electrons. The summed E-state index contributed by atoms with van der Waals surface area (Å²) in [4.78, 5) is 0. The monoisotopic (exact) mass is 588 g/mol. The van der Waals surface area contributed by atoms with Crippen molar-refractivity contribution in [2.45, 2.75) is 181 Å². The van der Waals surface area contributed by atoms with E-state index in [4.69, 9.17) is 15.2 Å². The van der Waals surface area contributed by atoms with Crippen LogP contribution in [-0.4, -0.2) is 26.0 Å². The summed E-state index contributed by atoms with van der Waals surface area (Å²) in [7, 11) is 0. The first-order valence-electron chi connectivity index (χ1n) is 18.4. The fourth-order valence-corrected chi connectivity index (χ4v) is 4.96. The molecule has 0 spiro atoms. The second-order valence-corrected chi connectivity index (χ2v) is 11.9. The Morgan fingerprint density at radius 2 is 0.762 bits per heavy atom. The van der Waals surface area contributed by atoms with Gasteiger partial charge >= 0.3 is 0 Å². The van der Waals surface area contributed by atoms with Gasteiger partial charge in [-0.3, -0.25) is 0 Å². The molecule has 246 valence electrons. The number of hydrogen-bond acceptors (Lipinski definition) is 3. The first-order chi connectivity index (χ1) is 20.8. The molecule has 0 unspecified atom stereocenters. The lowest BCUT2D eigenvalue weighted by Gasteiger charge is -2.18. The Morgan fingerprint density at radius 1 is 0.429 bits per heavy atom. The van der Waals surface area contributed by atoms with Crippen molar-refractivity contribution in [3.8, 4) is 0 Å². The molecule has 0 fully saturated rings. The highest BCUT2D eigenvalue weighted by atomic mass is 16.7. The maximum absolute atomic E-state index is 6.00. The third-order valence-corrected chi connectivity index (χ3v) is 7.70. The van der Waals surface area contributed by atoms with Crippen molar-refractivity contribution in [2.24, 2.45) is 5.73 Å². The Balaban J connectivity index is 3.49. The Labute approximate surface area is 263 Å². The van der Waals surface area contributed by atoms with E-state index in [0.717, 1.165) is 45.3 Å². The first-order valence-corrected chi connectivity index (χ1v) is 18.4. The van der Waals surface area contributed by atoms with Crippen LogP contribution in [0.2, 0.25) is 0 Å². The van der Waals surface area contributed by atoms with Crippen molar-refractivity contribution in [3.05, 3.63) is 48.6 Å². The molecule has 2 N–H and O–H groups in total. The van der Waals surface area contributed by atoms with E-state index >= 15 is 0 Å². The molecule has 42 heavy (non-hydrogen) atoms. The molecular formula is C39H73NO2. The molecule has 3 heteroatoms. The molecule has 0 rings (SSSR count). The van der Waals surface area contributed by atoms with E-state index in [1.165, 1.54) is 128 Å². The minimum Gasteiger partial charge on any atom is -0.353 e. The van der Waals surface area contributed by atoms with Crippen molar-refractivity contribution in [1.29, 1.82) is 0 Å². The zero-order valence-electron chi connectivity index (χ0n) is 28.4. The number of rotatable bonds is 34. The standard InChI is InChI=1S/C39H73NO2/c1-3-5-7-9-11-13-15-17-19-21-23-25-27-29-31-33-37-41-39(35-36-40)42-38-34-32-30-28-26-24-22-20-18-16-14-12-10-8-6-4-2/h11-14,17-20,39H,3-10,15-16,21-38,40H2,1-2H3. The van der Waals surface area contributed by atoms with Crippen molar-refractivity contribution < 1.29 is 9.47 Å². The number of nitrogens with two attached hydrogens (primary N) is 1. The Morgan fingerprint density at radius 3 is 1.12 bits per heavy atom. The zero-order chi connectivity index (χ0) is 30.4. The number of unbranched alkanes of at least 4 members (excludes halogenated alkanes) is 18. The van der Waals surface area contributed by atoms with Crippen LogP contribution in [0, 0.1) is 0 Å². The second-order valence-electron chi connectivity index (χ2n) is 11.9. The fraction of sp³-hybridized carbons (Fsp3) is 0.795. The number of allylic oxidation sites excluding steroid dienone is 8. The average molecular weight is 588 g/mol. The summed E-state index contributed by atoms with van der Waals surface area (Å²) in [5, 5.41) is 0. The predicted molar refractivity (Wildman–Crippen MR) is 188 cm³/mol. The van der Waals surface area contributed by atoms with Gasteiger partial charge < -0.3 is 15.2 Å². The molecule has 0 aliphatic rings.